The number of fused-ring (bicyclic) bond motifs is 3. The fourth-order valence-electron chi connectivity index (χ4n) is 5.44. The molecule has 0 amide bonds. The van der Waals surface area contributed by atoms with Crippen molar-refractivity contribution in [1.29, 1.82) is 0 Å². The number of para-hydroxylation sites is 1. The van der Waals surface area contributed by atoms with Crippen LogP contribution >= 0.6 is 0 Å². The zero-order chi connectivity index (χ0) is 20.1. The maximum Gasteiger partial charge on any atom is 0.134 e. The van der Waals surface area contributed by atoms with E-state index in [1.807, 2.05) is 29.1 Å². The Morgan fingerprint density at radius 1 is 0.967 bits per heavy atom. The molecule has 1 N–H and O–H groups in total. The maximum absolute atomic E-state index is 4.44. The van der Waals surface area contributed by atoms with Gasteiger partial charge in [0, 0.05) is 17.5 Å². The molecule has 6 rings (SSSR count). The highest BCUT2D eigenvalue weighted by Gasteiger charge is 2.36. The third-order valence-electron chi connectivity index (χ3n) is 7.18. The van der Waals surface area contributed by atoms with Gasteiger partial charge in [-0.05, 0) is 62.4 Å². The van der Waals surface area contributed by atoms with Crippen molar-refractivity contribution in [1.82, 2.24) is 30.1 Å². The Bertz CT molecular complexity index is 1160. The van der Waals surface area contributed by atoms with Gasteiger partial charge in [0.2, 0.25) is 0 Å². The van der Waals surface area contributed by atoms with Crippen LogP contribution in [0.2, 0.25) is 0 Å². The van der Waals surface area contributed by atoms with Crippen molar-refractivity contribution in [3.05, 3.63) is 60.3 Å². The molecule has 2 aromatic carbocycles. The third kappa shape index (κ3) is 2.94. The normalized spacial score (nSPS) is 24.4. The lowest BCUT2D eigenvalue weighted by Gasteiger charge is -2.47. The fraction of sp³-hybridized carbons (Fsp3) is 0.375. The number of hydrogen-bond acceptors (Lipinski definition) is 4. The topological polar surface area (TPSA) is 62.6 Å². The molecule has 0 radical (unpaired) electrons. The minimum Gasteiger partial charge on any atom is -0.300 e. The van der Waals surface area contributed by atoms with Crippen molar-refractivity contribution in [3.8, 4) is 17.1 Å². The summed E-state index contributed by atoms with van der Waals surface area (Å²) in [5.41, 5.74) is 5.12. The Balaban J connectivity index is 1.24. The van der Waals surface area contributed by atoms with Crippen molar-refractivity contribution in [3.63, 3.8) is 0 Å². The predicted octanol–water partition coefficient (Wildman–Crippen LogP) is 4.54. The van der Waals surface area contributed by atoms with Gasteiger partial charge in [-0.15, -0.1) is 5.10 Å². The molecule has 0 saturated carbocycles. The molecule has 2 saturated heterocycles. The average Bonchev–Trinajstić information content (AvgIpc) is 3.41. The molecule has 2 aliphatic heterocycles. The monoisotopic (exact) mass is 398 g/mol. The van der Waals surface area contributed by atoms with Crippen LogP contribution in [0.15, 0.2) is 54.7 Å². The van der Waals surface area contributed by atoms with E-state index >= 15 is 0 Å². The summed E-state index contributed by atoms with van der Waals surface area (Å²) in [6, 6.07) is 18.5. The van der Waals surface area contributed by atoms with E-state index in [0.29, 0.717) is 5.92 Å². The summed E-state index contributed by atoms with van der Waals surface area (Å²) in [6.07, 6.45) is 8.62. The first-order valence-electron chi connectivity index (χ1n) is 10.9. The first kappa shape index (κ1) is 17.8. The molecule has 30 heavy (non-hydrogen) atoms. The Kier molecular flexibility index (Phi) is 4.20. The van der Waals surface area contributed by atoms with Crippen molar-refractivity contribution in [2.24, 2.45) is 0 Å². The average molecular weight is 399 g/mol. The van der Waals surface area contributed by atoms with E-state index in [-0.39, 0.29) is 0 Å². The summed E-state index contributed by atoms with van der Waals surface area (Å²) in [5.74, 6) is 0.673. The van der Waals surface area contributed by atoms with E-state index in [4.69, 9.17) is 0 Å². The first-order valence-corrected chi connectivity index (χ1v) is 10.9. The largest absolute Gasteiger partial charge is 0.300 e. The number of H-pyrrole nitrogens is 1. The zero-order valence-corrected chi connectivity index (χ0v) is 17.2. The van der Waals surface area contributed by atoms with Gasteiger partial charge in [-0.3, -0.25) is 5.10 Å². The molecule has 6 nitrogen and oxygen atoms in total. The van der Waals surface area contributed by atoms with E-state index in [0.717, 1.165) is 40.1 Å². The Morgan fingerprint density at radius 3 is 2.53 bits per heavy atom. The number of nitrogens with zero attached hydrogens (tertiary/aromatic N) is 5. The first-order chi connectivity index (χ1) is 14.8. The van der Waals surface area contributed by atoms with Crippen LogP contribution in [0, 0.1) is 0 Å². The Morgan fingerprint density at radius 2 is 1.73 bits per heavy atom. The predicted molar refractivity (Wildman–Crippen MR) is 118 cm³/mol. The summed E-state index contributed by atoms with van der Waals surface area (Å²) in [5, 5.41) is 17.3. The molecule has 2 aliphatic rings. The summed E-state index contributed by atoms with van der Waals surface area (Å²) >= 11 is 0. The molecule has 3 atom stereocenters. The molecule has 1 unspecified atom stereocenters. The molecule has 6 heteroatoms. The van der Waals surface area contributed by atoms with Crippen LogP contribution in [0.3, 0.4) is 0 Å². The van der Waals surface area contributed by atoms with Gasteiger partial charge in [0.25, 0.3) is 0 Å². The molecular weight excluding hydrogens is 372 g/mol. The zero-order valence-electron chi connectivity index (χ0n) is 17.2. The molecule has 0 aliphatic carbocycles. The minimum absolute atomic E-state index is 0.673. The van der Waals surface area contributed by atoms with E-state index < -0.39 is 0 Å². The number of piperidine rings is 2. The third-order valence-corrected chi connectivity index (χ3v) is 7.18. The number of benzene rings is 2. The Labute approximate surface area is 175 Å². The van der Waals surface area contributed by atoms with Crippen LogP contribution in [0.5, 0.6) is 0 Å². The molecule has 4 heterocycles. The second kappa shape index (κ2) is 7.06. The van der Waals surface area contributed by atoms with Crippen molar-refractivity contribution >= 4 is 10.9 Å². The summed E-state index contributed by atoms with van der Waals surface area (Å²) in [6.45, 7) is 0. The molecular formula is C24H26N6. The van der Waals surface area contributed by atoms with Crippen LogP contribution < -0.4 is 0 Å². The molecule has 2 fully saturated rings. The van der Waals surface area contributed by atoms with Crippen LogP contribution in [-0.4, -0.2) is 49.2 Å². The van der Waals surface area contributed by atoms with E-state index in [1.54, 1.807) is 0 Å². The highest BCUT2D eigenvalue weighted by atomic mass is 15.4. The minimum atomic E-state index is 0.673. The van der Waals surface area contributed by atoms with Gasteiger partial charge >= 0.3 is 0 Å². The van der Waals surface area contributed by atoms with Crippen LogP contribution in [0.1, 0.15) is 43.6 Å². The van der Waals surface area contributed by atoms with Gasteiger partial charge in [0.15, 0.2) is 0 Å². The standard InChI is InChI=1S/C24H26N6/c1-29-19-5-4-6-20(29)14-17(13-19)16-9-11-18(12-10-16)30-15-23(26-28-30)24-21-7-2-3-8-22(21)25-27-24/h2-3,7-12,15,17,19-20H,4-6,13-14H2,1H3,(H,25,27)/t17?,19-,20+. The summed E-state index contributed by atoms with van der Waals surface area (Å²) in [4.78, 5) is 2.63. The van der Waals surface area contributed by atoms with Crippen LogP contribution in [0.25, 0.3) is 28.0 Å². The highest BCUT2D eigenvalue weighted by molar-refractivity contribution is 5.91. The molecule has 0 spiro atoms. The Hall–Kier alpha value is -2.99. The summed E-state index contributed by atoms with van der Waals surface area (Å²) in [7, 11) is 2.32. The number of aromatic nitrogens is 5. The van der Waals surface area contributed by atoms with Gasteiger partial charge in [0.1, 0.15) is 11.4 Å². The molecule has 2 bridgehead atoms. The SMILES string of the molecule is CN1[C@@H]2CCC[C@H]1CC(c1ccc(-n3cc(-c4n[nH]c5ccccc45)nn3)cc1)C2. The van der Waals surface area contributed by atoms with Crippen molar-refractivity contribution in [2.75, 3.05) is 7.05 Å². The number of nitrogens with one attached hydrogen (secondary N) is 1. The highest BCUT2D eigenvalue weighted by Crippen LogP contribution is 2.40. The fourth-order valence-corrected chi connectivity index (χ4v) is 5.44. The lowest BCUT2D eigenvalue weighted by molar-refractivity contribution is 0.0555. The van der Waals surface area contributed by atoms with Crippen LogP contribution in [0.4, 0.5) is 0 Å². The van der Waals surface area contributed by atoms with Gasteiger partial charge in [-0.2, -0.15) is 5.10 Å². The van der Waals surface area contributed by atoms with Gasteiger partial charge < -0.3 is 4.90 Å². The number of hydrogen-bond donors (Lipinski definition) is 1. The molecule has 152 valence electrons. The molecule has 2 aromatic heterocycles. The number of aromatic amines is 1. The second-order valence-electron chi connectivity index (χ2n) is 8.83. The van der Waals surface area contributed by atoms with Crippen molar-refractivity contribution in [2.45, 2.75) is 50.1 Å². The van der Waals surface area contributed by atoms with E-state index in [2.05, 4.69) is 62.8 Å². The summed E-state index contributed by atoms with van der Waals surface area (Å²) < 4.78 is 1.84. The maximum atomic E-state index is 4.44. The second-order valence-corrected chi connectivity index (χ2v) is 8.83. The quantitative estimate of drug-likeness (QED) is 0.550. The molecule has 4 aromatic rings. The van der Waals surface area contributed by atoms with Crippen molar-refractivity contribution < 1.29 is 0 Å². The lowest BCUT2D eigenvalue weighted by atomic mass is 9.76. The van der Waals surface area contributed by atoms with E-state index in [1.165, 1.54) is 37.7 Å². The van der Waals surface area contributed by atoms with Crippen LogP contribution in [-0.2, 0) is 0 Å². The number of rotatable bonds is 3. The van der Waals surface area contributed by atoms with Gasteiger partial charge in [-0.1, -0.05) is 42.0 Å². The van der Waals surface area contributed by atoms with E-state index in [9.17, 15) is 0 Å². The van der Waals surface area contributed by atoms with Gasteiger partial charge in [-0.25, -0.2) is 4.68 Å². The smallest absolute Gasteiger partial charge is 0.134 e. The lowest BCUT2D eigenvalue weighted by Crippen LogP contribution is -2.49. The van der Waals surface area contributed by atoms with Gasteiger partial charge in [0.05, 0.1) is 17.4 Å².